The van der Waals surface area contributed by atoms with Crippen LogP contribution < -0.4 is 15.4 Å². The average Bonchev–Trinajstić information content (AvgIpc) is 3.08. The standard InChI is InChI=1S/C17H26F3N5O/c1-3-25-9-4-5-14(25)12-24-16(21-2)22-8-10-26-15-7-6-13(11-23-15)17(18,19)20/h6-7,11,14H,3-5,8-10,12H2,1-2H3,(H2,21,22,24). The van der Waals surface area contributed by atoms with Crippen LogP contribution in [0.1, 0.15) is 25.3 Å². The van der Waals surface area contributed by atoms with E-state index >= 15 is 0 Å². The van der Waals surface area contributed by atoms with Crippen molar-refractivity contribution in [2.24, 2.45) is 4.99 Å². The highest BCUT2D eigenvalue weighted by Crippen LogP contribution is 2.29. The summed E-state index contributed by atoms with van der Waals surface area (Å²) in [6.07, 6.45) is -1.22. The molecule has 0 amide bonds. The molecule has 1 aromatic rings. The number of rotatable bonds is 7. The first-order valence-corrected chi connectivity index (χ1v) is 8.78. The lowest BCUT2D eigenvalue weighted by Gasteiger charge is -2.23. The Morgan fingerprint density at radius 1 is 1.38 bits per heavy atom. The van der Waals surface area contributed by atoms with E-state index in [0.717, 1.165) is 31.9 Å². The first-order valence-electron chi connectivity index (χ1n) is 8.78. The fraction of sp³-hybridized carbons (Fsp3) is 0.647. The van der Waals surface area contributed by atoms with Gasteiger partial charge in [-0.1, -0.05) is 6.92 Å². The highest BCUT2D eigenvalue weighted by molar-refractivity contribution is 5.79. The number of nitrogens with zero attached hydrogens (tertiary/aromatic N) is 3. The number of aromatic nitrogens is 1. The minimum absolute atomic E-state index is 0.160. The smallest absolute Gasteiger partial charge is 0.417 e. The van der Waals surface area contributed by atoms with Crippen LogP contribution in [-0.4, -0.2) is 61.7 Å². The van der Waals surface area contributed by atoms with Crippen molar-refractivity contribution in [3.05, 3.63) is 23.9 Å². The van der Waals surface area contributed by atoms with E-state index in [9.17, 15) is 13.2 Å². The molecule has 1 atom stereocenters. The van der Waals surface area contributed by atoms with Crippen molar-refractivity contribution < 1.29 is 17.9 Å². The lowest BCUT2D eigenvalue weighted by molar-refractivity contribution is -0.137. The summed E-state index contributed by atoms with van der Waals surface area (Å²) in [5, 5.41) is 6.42. The Labute approximate surface area is 151 Å². The molecule has 1 aliphatic heterocycles. The van der Waals surface area contributed by atoms with Gasteiger partial charge in [-0.3, -0.25) is 9.89 Å². The maximum atomic E-state index is 12.5. The van der Waals surface area contributed by atoms with E-state index in [0.29, 0.717) is 18.5 Å². The molecule has 146 valence electrons. The summed E-state index contributed by atoms with van der Waals surface area (Å²) in [5.74, 6) is 0.837. The van der Waals surface area contributed by atoms with Gasteiger partial charge in [-0.2, -0.15) is 13.2 Å². The zero-order chi connectivity index (χ0) is 19.0. The third-order valence-corrected chi connectivity index (χ3v) is 4.34. The minimum Gasteiger partial charge on any atom is -0.476 e. The fourth-order valence-electron chi connectivity index (χ4n) is 2.94. The predicted molar refractivity (Wildman–Crippen MR) is 94.4 cm³/mol. The summed E-state index contributed by atoms with van der Waals surface area (Å²) in [7, 11) is 1.69. The number of guanidine groups is 1. The molecule has 1 fully saturated rings. The first-order chi connectivity index (χ1) is 12.4. The largest absolute Gasteiger partial charge is 0.476 e. The number of nitrogens with one attached hydrogen (secondary N) is 2. The number of likely N-dealkylation sites (N-methyl/N-ethyl adjacent to an activating group) is 1. The summed E-state index contributed by atoms with van der Waals surface area (Å²) >= 11 is 0. The molecule has 0 bridgehead atoms. The van der Waals surface area contributed by atoms with Crippen LogP contribution in [0.4, 0.5) is 13.2 Å². The third kappa shape index (κ3) is 6.05. The van der Waals surface area contributed by atoms with E-state index in [1.54, 1.807) is 7.05 Å². The van der Waals surface area contributed by atoms with Gasteiger partial charge in [0.1, 0.15) is 6.61 Å². The van der Waals surface area contributed by atoms with Gasteiger partial charge in [0.25, 0.3) is 0 Å². The van der Waals surface area contributed by atoms with E-state index in [1.807, 2.05) is 0 Å². The van der Waals surface area contributed by atoms with Crippen molar-refractivity contribution in [1.29, 1.82) is 0 Å². The van der Waals surface area contributed by atoms with Crippen molar-refractivity contribution in [2.75, 3.05) is 39.8 Å². The second-order valence-electron chi connectivity index (χ2n) is 6.04. The first kappa shape index (κ1) is 20.3. The number of hydrogen-bond acceptors (Lipinski definition) is 4. The lowest BCUT2D eigenvalue weighted by Crippen LogP contribution is -2.45. The van der Waals surface area contributed by atoms with Crippen molar-refractivity contribution in [3.8, 4) is 5.88 Å². The van der Waals surface area contributed by atoms with Gasteiger partial charge in [0.2, 0.25) is 5.88 Å². The van der Waals surface area contributed by atoms with Gasteiger partial charge in [-0.25, -0.2) is 4.98 Å². The molecule has 2 heterocycles. The van der Waals surface area contributed by atoms with Crippen LogP contribution in [0.3, 0.4) is 0 Å². The van der Waals surface area contributed by atoms with Crippen LogP contribution >= 0.6 is 0 Å². The third-order valence-electron chi connectivity index (χ3n) is 4.34. The Balaban J connectivity index is 1.67. The molecule has 0 radical (unpaired) electrons. The van der Waals surface area contributed by atoms with Gasteiger partial charge in [0.15, 0.2) is 5.96 Å². The molecule has 2 rings (SSSR count). The Bertz CT molecular complexity index is 577. The molecule has 1 aromatic heterocycles. The SMILES string of the molecule is CCN1CCCC1CNC(=NC)NCCOc1ccc(C(F)(F)F)cn1. The van der Waals surface area contributed by atoms with E-state index in [2.05, 4.69) is 32.4 Å². The Kier molecular flexibility index (Phi) is 7.50. The maximum absolute atomic E-state index is 12.5. The van der Waals surface area contributed by atoms with Crippen LogP contribution in [0, 0.1) is 0 Å². The van der Waals surface area contributed by atoms with Gasteiger partial charge >= 0.3 is 6.18 Å². The maximum Gasteiger partial charge on any atom is 0.417 e. The number of alkyl halides is 3. The molecule has 0 spiro atoms. The molecule has 2 N–H and O–H groups in total. The number of halogens is 3. The summed E-state index contributed by atoms with van der Waals surface area (Å²) < 4.78 is 42.8. The molecule has 1 unspecified atom stereocenters. The minimum atomic E-state index is -4.39. The highest BCUT2D eigenvalue weighted by atomic mass is 19.4. The average molecular weight is 373 g/mol. The normalized spacial score (nSPS) is 18.8. The fourth-order valence-corrected chi connectivity index (χ4v) is 2.94. The number of hydrogen-bond donors (Lipinski definition) is 2. The Morgan fingerprint density at radius 2 is 2.19 bits per heavy atom. The topological polar surface area (TPSA) is 61.8 Å². The van der Waals surface area contributed by atoms with E-state index in [-0.39, 0.29) is 12.5 Å². The summed E-state index contributed by atoms with van der Waals surface area (Å²) in [6.45, 7) is 5.91. The molecule has 6 nitrogen and oxygen atoms in total. The quantitative estimate of drug-likeness (QED) is 0.436. The van der Waals surface area contributed by atoms with Crippen LogP contribution in [0.15, 0.2) is 23.3 Å². The van der Waals surface area contributed by atoms with Crippen molar-refractivity contribution in [3.63, 3.8) is 0 Å². The van der Waals surface area contributed by atoms with E-state index in [1.165, 1.54) is 18.9 Å². The molecule has 0 aliphatic carbocycles. The van der Waals surface area contributed by atoms with Gasteiger partial charge in [-0.05, 0) is 32.0 Å². The molecule has 0 aromatic carbocycles. The second-order valence-corrected chi connectivity index (χ2v) is 6.04. The predicted octanol–water partition coefficient (Wildman–Crippen LogP) is 2.13. The molecular formula is C17H26F3N5O. The van der Waals surface area contributed by atoms with Gasteiger partial charge in [0.05, 0.1) is 12.1 Å². The van der Waals surface area contributed by atoms with Crippen LogP contribution in [0.5, 0.6) is 5.88 Å². The highest BCUT2D eigenvalue weighted by Gasteiger charge is 2.30. The molecule has 1 saturated heterocycles. The zero-order valence-corrected chi connectivity index (χ0v) is 15.1. The summed E-state index contributed by atoms with van der Waals surface area (Å²) in [6, 6.07) is 2.69. The van der Waals surface area contributed by atoms with Crippen LogP contribution in [0.2, 0.25) is 0 Å². The van der Waals surface area contributed by atoms with E-state index < -0.39 is 11.7 Å². The number of likely N-dealkylation sites (tertiary alicyclic amines) is 1. The summed E-state index contributed by atoms with van der Waals surface area (Å²) in [4.78, 5) is 10.3. The monoisotopic (exact) mass is 373 g/mol. The Morgan fingerprint density at radius 3 is 2.81 bits per heavy atom. The van der Waals surface area contributed by atoms with E-state index in [4.69, 9.17) is 4.74 Å². The van der Waals surface area contributed by atoms with Crippen LogP contribution in [0.25, 0.3) is 0 Å². The van der Waals surface area contributed by atoms with Crippen LogP contribution in [-0.2, 0) is 6.18 Å². The number of pyridine rings is 1. The summed E-state index contributed by atoms with van der Waals surface area (Å²) in [5.41, 5.74) is -0.791. The molecular weight excluding hydrogens is 347 g/mol. The second kappa shape index (κ2) is 9.61. The van der Waals surface area contributed by atoms with Crippen molar-refractivity contribution >= 4 is 5.96 Å². The van der Waals surface area contributed by atoms with Crippen molar-refractivity contribution in [2.45, 2.75) is 32.0 Å². The molecule has 26 heavy (non-hydrogen) atoms. The molecule has 9 heteroatoms. The molecule has 0 saturated carbocycles. The molecule has 1 aliphatic rings. The van der Waals surface area contributed by atoms with Crippen molar-refractivity contribution in [1.82, 2.24) is 20.5 Å². The lowest BCUT2D eigenvalue weighted by atomic mass is 10.2. The van der Waals surface area contributed by atoms with Gasteiger partial charge in [0, 0.05) is 31.9 Å². The number of aliphatic imine (C=N–C) groups is 1. The van der Waals surface area contributed by atoms with Gasteiger partial charge < -0.3 is 15.4 Å². The van der Waals surface area contributed by atoms with Gasteiger partial charge in [-0.15, -0.1) is 0 Å². The zero-order valence-electron chi connectivity index (χ0n) is 15.1. The Hall–Kier alpha value is -2.03. The number of ether oxygens (including phenoxy) is 1.